The number of benzene rings is 1. The number of para-hydroxylation sites is 2. The lowest BCUT2D eigenvalue weighted by molar-refractivity contribution is 0.194. The Labute approximate surface area is 131 Å². The van der Waals surface area contributed by atoms with Gasteiger partial charge in [-0.3, -0.25) is 4.57 Å². The number of nitrogens with one attached hydrogen (secondary N) is 1. The average Bonchev–Trinajstić information content (AvgIpc) is 2.95. The molecule has 1 aliphatic carbocycles. The third-order valence-electron chi connectivity index (χ3n) is 5.52. The summed E-state index contributed by atoms with van der Waals surface area (Å²) in [7, 11) is 0. The number of aromatic amines is 1. The molecule has 0 bridgehead atoms. The molecule has 0 radical (unpaired) electrons. The van der Waals surface area contributed by atoms with E-state index in [-0.39, 0.29) is 5.41 Å². The Morgan fingerprint density at radius 2 is 2.10 bits per heavy atom. The minimum atomic E-state index is 0.179. The maximum atomic E-state index is 5.62. The van der Waals surface area contributed by atoms with Gasteiger partial charge in [0.2, 0.25) is 0 Å². The second-order valence-electron chi connectivity index (χ2n) is 6.65. The number of imidazole rings is 1. The predicted molar refractivity (Wildman–Crippen MR) is 92.7 cm³/mol. The quantitative estimate of drug-likeness (QED) is 0.728. The summed E-state index contributed by atoms with van der Waals surface area (Å²) in [5.74, 6) is 1.29. The molecule has 0 spiro atoms. The van der Waals surface area contributed by atoms with E-state index < -0.39 is 0 Å². The summed E-state index contributed by atoms with van der Waals surface area (Å²) in [6.45, 7) is 9.38. The van der Waals surface area contributed by atoms with Gasteiger partial charge in [0.15, 0.2) is 4.77 Å². The molecule has 1 unspecified atom stereocenters. The molecular formula is C18H24N2S. The van der Waals surface area contributed by atoms with E-state index in [2.05, 4.69) is 67.6 Å². The van der Waals surface area contributed by atoms with Crippen molar-refractivity contribution in [1.82, 2.24) is 9.55 Å². The molecule has 0 fully saturated rings. The number of nitrogens with zero attached hydrogens (tertiary/aromatic N) is 1. The minimum Gasteiger partial charge on any atom is -0.330 e. The number of allylic oxidation sites excluding steroid dienone is 2. The van der Waals surface area contributed by atoms with Crippen LogP contribution >= 0.6 is 12.2 Å². The smallest absolute Gasteiger partial charge is 0.182 e. The first-order valence-electron chi connectivity index (χ1n) is 7.90. The second kappa shape index (κ2) is 5.13. The molecule has 2 atom stereocenters. The highest BCUT2D eigenvalue weighted by Gasteiger charge is 2.44. The molecule has 0 aliphatic heterocycles. The molecule has 1 aliphatic rings. The van der Waals surface area contributed by atoms with Crippen LogP contribution in [0.3, 0.4) is 0 Å². The van der Waals surface area contributed by atoms with Gasteiger partial charge < -0.3 is 4.98 Å². The minimum absolute atomic E-state index is 0.179. The molecule has 2 nitrogen and oxygen atoms in total. The molecule has 3 heteroatoms. The van der Waals surface area contributed by atoms with Crippen molar-refractivity contribution < 1.29 is 0 Å². The Morgan fingerprint density at radius 3 is 2.76 bits per heavy atom. The molecule has 1 aromatic heterocycles. The van der Waals surface area contributed by atoms with Crippen molar-refractivity contribution >= 4 is 28.9 Å². The maximum Gasteiger partial charge on any atom is 0.182 e. The number of aromatic nitrogens is 2. The zero-order chi connectivity index (χ0) is 15.2. The first-order chi connectivity index (χ1) is 10.00. The molecule has 0 saturated heterocycles. The van der Waals surface area contributed by atoms with Crippen molar-refractivity contribution in [3.8, 4) is 0 Å². The van der Waals surface area contributed by atoms with Crippen LogP contribution in [0.1, 0.15) is 40.5 Å². The molecule has 1 N–H and O–H groups in total. The summed E-state index contributed by atoms with van der Waals surface area (Å²) < 4.78 is 3.08. The third kappa shape index (κ3) is 2.02. The van der Waals surface area contributed by atoms with Crippen LogP contribution in [0.4, 0.5) is 0 Å². The van der Waals surface area contributed by atoms with Gasteiger partial charge in [-0.2, -0.15) is 0 Å². The standard InChI is InChI=1S/C18H24N2S/c1-5-13-10-11-16(18(13,4)12(2)3)20-15-9-7-6-8-14(15)19-17(20)21/h6-9,11-13H,5,10H2,1-4H3,(H,19,21)/t13?,18-/m0/s1. The Hall–Kier alpha value is -1.35. The number of hydrogen-bond donors (Lipinski definition) is 1. The van der Waals surface area contributed by atoms with E-state index in [1.54, 1.807) is 0 Å². The normalized spacial score (nSPS) is 25.8. The van der Waals surface area contributed by atoms with Gasteiger partial charge in [0.25, 0.3) is 0 Å². The summed E-state index contributed by atoms with van der Waals surface area (Å²) in [5.41, 5.74) is 3.87. The largest absolute Gasteiger partial charge is 0.330 e. The van der Waals surface area contributed by atoms with Crippen LogP contribution in [0.2, 0.25) is 0 Å². The van der Waals surface area contributed by atoms with Crippen LogP contribution in [0.5, 0.6) is 0 Å². The van der Waals surface area contributed by atoms with E-state index in [9.17, 15) is 0 Å². The predicted octanol–water partition coefficient (Wildman–Crippen LogP) is 5.63. The Kier molecular flexibility index (Phi) is 3.56. The van der Waals surface area contributed by atoms with Gasteiger partial charge in [-0.1, -0.05) is 52.3 Å². The van der Waals surface area contributed by atoms with Crippen LogP contribution in [0, 0.1) is 22.0 Å². The van der Waals surface area contributed by atoms with E-state index in [1.165, 1.54) is 17.6 Å². The van der Waals surface area contributed by atoms with Gasteiger partial charge in [-0.05, 0) is 42.6 Å². The first kappa shape index (κ1) is 14.6. The topological polar surface area (TPSA) is 20.7 Å². The zero-order valence-electron chi connectivity index (χ0n) is 13.3. The SMILES string of the molecule is CCC1CC=C(n2c(=S)[nH]c3ccccc32)[C@@]1(C)C(C)C. The number of H-pyrrole nitrogens is 1. The Balaban J connectivity index is 2.23. The summed E-state index contributed by atoms with van der Waals surface area (Å²) in [6, 6.07) is 8.39. The third-order valence-corrected chi connectivity index (χ3v) is 5.80. The zero-order valence-corrected chi connectivity index (χ0v) is 14.1. The summed E-state index contributed by atoms with van der Waals surface area (Å²) in [4.78, 5) is 3.35. The maximum absolute atomic E-state index is 5.62. The van der Waals surface area contributed by atoms with E-state index >= 15 is 0 Å². The van der Waals surface area contributed by atoms with Gasteiger partial charge in [-0.25, -0.2) is 0 Å². The van der Waals surface area contributed by atoms with Crippen LogP contribution in [0.15, 0.2) is 30.3 Å². The van der Waals surface area contributed by atoms with Gasteiger partial charge >= 0.3 is 0 Å². The highest BCUT2D eigenvalue weighted by atomic mass is 32.1. The molecule has 3 rings (SSSR count). The van der Waals surface area contributed by atoms with Crippen LogP contribution in [-0.4, -0.2) is 9.55 Å². The average molecular weight is 300 g/mol. The molecule has 21 heavy (non-hydrogen) atoms. The number of hydrogen-bond acceptors (Lipinski definition) is 1. The monoisotopic (exact) mass is 300 g/mol. The van der Waals surface area contributed by atoms with Crippen LogP contribution < -0.4 is 0 Å². The summed E-state index contributed by atoms with van der Waals surface area (Å²) in [5, 5.41) is 0. The lowest BCUT2D eigenvalue weighted by atomic mass is 9.68. The molecule has 2 aromatic rings. The molecule has 0 amide bonds. The molecule has 112 valence electrons. The molecule has 1 heterocycles. The van der Waals surface area contributed by atoms with Crippen molar-refractivity contribution in [1.29, 1.82) is 0 Å². The van der Waals surface area contributed by atoms with Crippen molar-refractivity contribution in [3.63, 3.8) is 0 Å². The van der Waals surface area contributed by atoms with Gasteiger partial charge in [0.05, 0.1) is 11.0 Å². The summed E-state index contributed by atoms with van der Waals surface area (Å²) >= 11 is 5.62. The fourth-order valence-corrected chi connectivity index (χ4v) is 4.22. The molecular weight excluding hydrogens is 276 g/mol. The van der Waals surface area contributed by atoms with Gasteiger partial charge in [-0.15, -0.1) is 0 Å². The highest BCUT2D eigenvalue weighted by Crippen LogP contribution is 2.53. The molecule has 0 saturated carbocycles. The first-order valence-corrected chi connectivity index (χ1v) is 8.31. The van der Waals surface area contributed by atoms with Crippen LogP contribution in [0.25, 0.3) is 16.7 Å². The number of rotatable bonds is 3. The van der Waals surface area contributed by atoms with Gasteiger partial charge in [0, 0.05) is 11.1 Å². The van der Waals surface area contributed by atoms with Crippen molar-refractivity contribution in [2.24, 2.45) is 17.3 Å². The van der Waals surface area contributed by atoms with E-state index in [4.69, 9.17) is 12.2 Å². The van der Waals surface area contributed by atoms with Crippen molar-refractivity contribution in [2.75, 3.05) is 0 Å². The van der Waals surface area contributed by atoms with Crippen LogP contribution in [-0.2, 0) is 0 Å². The van der Waals surface area contributed by atoms with E-state index in [0.29, 0.717) is 11.8 Å². The lowest BCUT2D eigenvalue weighted by Crippen LogP contribution is -2.32. The summed E-state index contributed by atoms with van der Waals surface area (Å²) in [6.07, 6.45) is 4.77. The lowest BCUT2D eigenvalue weighted by Gasteiger charge is -2.39. The Bertz CT molecular complexity index is 750. The highest BCUT2D eigenvalue weighted by molar-refractivity contribution is 7.71. The number of fused-ring (bicyclic) bond motifs is 1. The van der Waals surface area contributed by atoms with E-state index in [1.807, 2.05) is 0 Å². The fraction of sp³-hybridized carbons (Fsp3) is 0.500. The van der Waals surface area contributed by atoms with E-state index in [0.717, 1.165) is 16.7 Å². The molecule has 1 aromatic carbocycles. The second-order valence-corrected chi connectivity index (χ2v) is 7.04. The van der Waals surface area contributed by atoms with Crippen molar-refractivity contribution in [2.45, 2.75) is 40.5 Å². The van der Waals surface area contributed by atoms with Crippen molar-refractivity contribution in [3.05, 3.63) is 35.1 Å². The fourth-order valence-electron chi connectivity index (χ4n) is 3.91. The van der Waals surface area contributed by atoms with Gasteiger partial charge in [0.1, 0.15) is 0 Å². The Morgan fingerprint density at radius 1 is 1.38 bits per heavy atom.